The second-order valence-corrected chi connectivity index (χ2v) is 9.86. The van der Waals surface area contributed by atoms with E-state index in [0.717, 1.165) is 16.7 Å². The van der Waals surface area contributed by atoms with Gasteiger partial charge in [0.2, 0.25) is 5.91 Å². The van der Waals surface area contributed by atoms with Crippen molar-refractivity contribution in [3.63, 3.8) is 0 Å². The number of hydrogen-bond donors (Lipinski definition) is 1. The highest BCUT2D eigenvalue weighted by Gasteiger charge is 2.40. The summed E-state index contributed by atoms with van der Waals surface area (Å²) < 4.78 is 0. The topological polar surface area (TPSA) is 73.2 Å². The van der Waals surface area contributed by atoms with Crippen LogP contribution >= 0.6 is 23.4 Å². The maximum absolute atomic E-state index is 13.5. The van der Waals surface area contributed by atoms with E-state index >= 15 is 0 Å². The molecule has 4 rings (SSSR count). The third-order valence-electron chi connectivity index (χ3n) is 5.67. The number of rotatable bonds is 7. The van der Waals surface area contributed by atoms with Crippen molar-refractivity contribution in [1.82, 2.24) is 5.32 Å². The van der Waals surface area contributed by atoms with Crippen LogP contribution in [0.2, 0.25) is 5.02 Å². The zero-order valence-electron chi connectivity index (χ0n) is 19.2. The number of carbonyl (C=O) groups is 2. The lowest BCUT2D eigenvalue weighted by Gasteiger charge is -2.19. The van der Waals surface area contributed by atoms with Crippen LogP contribution in [-0.4, -0.2) is 23.6 Å². The van der Waals surface area contributed by atoms with Gasteiger partial charge in [-0.25, -0.2) is 0 Å². The summed E-state index contributed by atoms with van der Waals surface area (Å²) in [6, 6.07) is 26.7. The van der Waals surface area contributed by atoms with Crippen molar-refractivity contribution in [3.05, 3.63) is 111 Å². The van der Waals surface area contributed by atoms with Crippen LogP contribution in [0.5, 0.6) is 0 Å². The number of nitriles is 1. The average Bonchev–Trinajstić information content (AvgIpc) is 3.17. The molecule has 1 aliphatic heterocycles. The van der Waals surface area contributed by atoms with Crippen molar-refractivity contribution in [1.29, 1.82) is 5.26 Å². The number of anilines is 1. The van der Waals surface area contributed by atoms with E-state index in [2.05, 4.69) is 5.32 Å². The van der Waals surface area contributed by atoms with Gasteiger partial charge in [0.15, 0.2) is 0 Å². The SMILES string of the molecule is Cc1ccc(CC2SC(=C(C#N)C(=O)NCCc3ccccc3)N(c3ccc(Cl)cc3)C2=O)cc1. The van der Waals surface area contributed by atoms with E-state index in [0.29, 0.717) is 35.1 Å². The zero-order valence-corrected chi connectivity index (χ0v) is 20.8. The molecule has 0 saturated carbocycles. The first kappa shape index (κ1) is 24.6. The first-order valence-corrected chi connectivity index (χ1v) is 12.5. The molecule has 0 aliphatic carbocycles. The summed E-state index contributed by atoms with van der Waals surface area (Å²) in [6.45, 7) is 2.39. The van der Waals surface area contributed by atoms with E-state index in [1.165, 1.54) is 16.7 Å². The lowest BCUT2D eigenvalue weighted by atomic mass is 10.1. The van der Waals surface area contributed by atoms with Crippen LogP contribution in [0.3, 0.4) is 0 Å². The molecular formula is C28H24ClN3O2S. The van der Waals surface area contributed by atoms with Gasteiger partial charge in [0, 0.05) is 17.3 Å². The molecule has 1 heterocycles. The third-order valence-corrected chi connectivity index (χ3v) is 7.19. The Kier molecular flexibility index (Phi) is 7.91. The molecule has 1 atom stereocenters. The average molecular weight is 502 g/mol. The fourth-order valence-electron chi connectivity index (χ4n) is 3.80. The number of nitrogens with zero attached hydrogens (tertiary/aromatic N) is 2. The Morgan fingerprint density at radius 2 is 1.71 bits per heavy atom. The van der Waals surface area contributed by atoms with Gasteiger partial charge in [0.05, 0.1) is 5.25 Å². The summed E-state index contributed by atoms with van der Waals surface area (Å²) in [7, 11) is 0. The van der Waals surface area contributed by atoms with Crippen molar-refractivity contribution in [2.75, 3.05) is 11.4 Å². The Hall–Kier alpha value is -3.53. The normalized spacial score (nSPS) is 16.7. The molecule has 5 nitrogen and oxygen atoms in total. The quantitative estimate of drug-likeness (QED) is 0.346. The fraction of sp³-hybridized carbons (Fsp3) is 0.179. The van der Waals surface area contributed by atoms with Gasteiger partial charge in [-0.1, -0.05) is 83.5 Å². The molecule has 2 amide bonds. The van der Waals surface area contributed by atoms with Gasteiger partial charge >= 0.3 is 0 Å². The van der Waals surface area contributed by atoms with Crippen molar-refractivity contribution in [3.8, 4) is 6.07 Å². The highest BCUT2D eigenvalue weighted by molar-refractivity contribution is 8.05. The van der Waals surface area contributed by atoms with E-state index in [9.17, 15) is 14.9 Å². The van der Waals surface area contributed by atoms with E-state index in [1.807, 2.05) is 67.6 Å². The van der Waals surface area contributed by atoms with E-state index in [1.54, 1.807) is 24.3 Å². The van der Waals surface area contributed by atoms with Crippen LogP contribution in [0.4, 0.5) is 5.69 Å². The van der Waals surface area contributed by atoms with Crippen LogP contribution in [0.15, 0.2) is 89.5 Å². The first-order chi connectivity index (χ1) is 17.0. The highest BCUT2D eigenvalue weighted by atomic mass is 35.5. The molecule has 3 aromatic rings. The number of halogens is 1. The Morgan fingerprint density at radius 3 is 2.37 bits per heavy atom. The van der Waals surface area contributed by atoms with Crippen molar-refractivity contribution < 1.29 is 9.59 Å². The second kappa shape index (κ2) is 11.3. The van der Waals surface area contributed by atoms with Gasteiger partial charge in [-0.2, -0.15) is 5.26 Å². The van der Waals surface area contributed by atoms with Crippen molar-refractivity contribution >= 4 is 40.9 Å². The number of hydrogen-bond acceptors (Lipinski definition) is 4. The van der Waals surface area contributed by atoms with Crippen molar-refractivity contribution in [2.24, 2.45) is 0 Å². The lowest BCUT2D eigenvalue weighted by molar-refractivity contribution is -0.117. The maximum Gasteiger partial charge on any atom is 0.264 e. The molecule has 0 aromatic heterocycles. The number of benzene rings is 3. The largest absolute Gasteiger partial charge is 0.351 e. The Bertz CT molecular complexity index is 1280. The minimum atomic E-state index is -0.492. The predicted octanol–water partition coefficient (Wildman–Crippen LogP) is 5.43. The molecule has 35 heavy (non-hydrogen) atoms. The summed E-state index contributed by atoms with van der Waals surface area (Å²) in [5.41, 5.74) is 3.74. The zero-order chi connectivity index (χ0) is 24.8. The minimum absolute atomic E-state index is 0.0715. The Labute approximate surface area is 214 Å². The van der Waals surface area contributed by atoms with Crippen molar-refractivity contribution in [2.45, 2.75) is 25.0 Å². The molecule has 3 aromatic carbocycles. The smallest absolute Gasteiger partial charge is 0.264 e. The van der Waals surface area contributed by atoms with Crippen LogP contribution in [0.25, 0.3) is 0 Å². The van der Waals surface area contributed by atoms with Gasteiger partial charge in [-0.3, -0.25) is 14.5 Å². The summed E-state index contributed by atoms with van der Waals surface area (Å²) in [5, 5.41) is 13.2. The van der Waals surface area contributed by atoms with Crippen LogP contribution in [0, 0.1) is 18.3 Å². The van der Waals surface area contributed by atoms with Gasteiger partial charge in [0.1, 0.15) is 16.7 Å². The first-order valence-electron chi connectivity index (χ1n) is 11.2. The molecule has 0 spiro atoms. The van der Waals surface area contributed by atoms with Crippen LogP contribution in [0.1, 0.15) is 16.7 Å². The highest BCUT2D eigenvalue weighted by Crippen LogP contribution is 2.42. The summed E-state index contributed by atoms with van der Waals surface area (Å²) in [4.78, 5) is 28.0. The molecule has 7 heteroatoms. The molecule has 0 radical (unpaired) electrons. The number of amides is 2. The molecule has 1 fully saturated rings. The molecular weight excluding hydrogens is 478 g/mol. The Morgan fingerprint density at radius 1 is 1.03 bits per heavy atom. The molecule has 1 aliphatic rings. The Balaban J connectivity index is 1.61. The standard InChI is InChI=1S/C28H24ClN3O2S/c1-19-7-9-21(10-8-19)17-25-27(34)32(23-13-11-22(29)12-14-23)28(35-25)24(18-30)26(33)31-16-15-20-5-3-2-4-6-20/h2-14,25H,15-17H2,1H3,(H,31,33). The van der Waals surface area contributed by atoms with Gasteiger partial charge in [-0.15, -0.1) is 0 Å². The monoisotopic (exact) mass is 501 g/mol. The number of aryl methyl sites for hydroxylation is 1. The van der Waals surface area contributed by atoms with Crippen LogP contribution in [-0.2, 0) is 22.4 Å². The summed E-state index contributed by atoms with van der Waals surface area (Å²) in [6.07, 6.45) is 1.13. The van der Waals surface area contributed by atoms with Gasteiger partial charge < -0.3 is 5.32 Å². The third kappa shape index (κ3) is 5.94. The number of thioether (sulfide) groups is 1. The predicted molar refractivity (Wildman–Crippen MR) is 141 cm³/mol. The molecule has 1 saturated heterocycles. The number of carbonyl (C=O) groups excluding carboxylic acids is 2. The molecule has 1 unspecified atom stereocenters. The van der Waals surface area contributed by atoms with E-state index in [4.69, 9.17) is 11.6 Å². The summed E-state index contributed by atoms with van der Waals surface area (Å²) >= 11 is 7.31. The number of nitrogens with one attached hydrogen (secondary N) is 1. The fourth-order valence-corrected chi connectivity index (χ4v) is 5.24. The maximum atomic E-state index is 13.5. The lowest BCUT2D eigenvalue weighted by Crippen LogP contribution is -2.32. The molecule has 176 valence electrons. The molecule has 1 N–H and O–H groups in total. The van der Waals surface area contributed by atoms with Gasteiger partial charge in [-0.05, 0) is 55.2 Å². The van der Waals surface area contributed by atoms with E-state index < -0.39 is 11.2 Å². The van der Waals surface area contributed by atoms with Crippen LogP contribution < -0.4 is 10.2 Å². The summed E-state index contributed by atoms with van der Waals surface area (Å²) in [5.74, 6) is -0.661. The van der Waals surface area contributed by atoms with Gasteiger partial charge in [0.25, 0.3) is 5.91 Å². The minimum Gasteiger partial charge on any atom is -0.351 e. The van der Waals surface area contributed by atoms with E-state index in [-0.39, 0.29) is 11.5 Å². The second-order valence-electron chi connectivity index (χ2n) is 8.23. The molecule has 0 bridgehead atoms.